The molecule has 0 spiro atoms. The molecule has 5 saturated carbocycles. The third-order valence-electron chi connectivity index (χ3n) is 17.3. The minimum absolute atomic E-state index is 0.106. The number of carbonyl (C=O) groups is 3. The van der Waals surface area contributed by atoms with Crippen molar-refractivity contribution in [1.29, 1.82) is 0 Å². The van der Waals surface area contributed by atoms with Crippen LogP contribution in [0.2, 0.25) is 0 Å². The van der Waals surface area contributed by atoms with Crippen molar-refractivity contribution in [1.82, 2.24) is 10.2 Å². The van der Waals surface area contributed by atoms with Crippen molar-refractivity contribution in [2.24, 2.45) is 62.1 Å². The number of nitrogens with one attached hydrogen (secondary N) is 1. The van der Waals surface area contributed by atoms with Gasteiger partial charge in [-0.2, -0.15) is 0 Å². The van der Waals surface area contributed by atoms with E-state index < -0.39 is 11.4 Å². The van der Waals surface area contributed by atoms with Crippen LogP contribution in [0.25, 0.3) is 0 Å². The maximum atomic E-state index is 14.5. The van der Waals surface area contributed by atoms with Gasteiger partial charge in [-0.3, -0.25) is 19.3 Å². The van der Waals surface area contributed by atoms with E-state index in [0.29, 0.717) is 35.5 Å². The molecule has 11 atom stereocenters. The van der Waals surface area contributed by atoms with Crippen molar-refractivity contribution in [3.63, 3.8) is 0 Å². The van der Waals surface area contributed by atoms with Gasteiger partial charge < -0.3 is 19.9 Å². The van der Waals surface area contributed by atoms with Crippen molar-refractivity contribution < 1.29 is 29.0 Å². The Hall–Kier alpha value is -1.93. The number of rotatable bonds is 8. The summed E-state index contributed by atoms with van der Waals surface area (Å²) in [5.41, 5.74) is -0.974. The minimum Gasteiger partial charge on any atom is -0.481 e. The molecule has 1 heterocycles. The molecule has 6 fully saturated rings. The lowest BCUT2D eigenvalue weighted by molar-refractivity contribution is -0.247. The van der Waals surface area contributed by atoms with Gasteiger partial charge in [0.1, 0.15) is 6.10 Å². The Labute approximate surface area is 307 Å². The van der Waals surface area contributed by atoms with Crippen LogP contribution >= 0.6 is 0 Å². The lowest BCUT2D eigenvalue weighted by atomic mass is 9.32. The summed E-state index contributed by atoms with van der Waals surface area (Å²) in [6, 6.07) is 0.150. The summed E-state index contributed by atoms with van der Waals surface area (Å²) in [6.07, 6.45) is 17.5. The molecule has 6 unspecified atom stereocenters. The Morgan fingerprint density at radius 3 is 2.33 bits per heavy atom. The summed E-state index contributed by atoms with van der Waals surface area (Å²) < 4.78 is 11.7. The number of carboxylic acids is 1. The number of amides is 1. The van der Waals surface area contributed by atoms with Gasteiger partial charge in [-0.1, -0.05) is 53.2 Å². The number of esters is 1. The van der Waals surface area contributed by atoms with E-state index in [1.165, 1.54) is 32.1 Å². The van der Waals surface area contributed by atoms with E-state index in [9.17, 15) is 19.5 Å². The highest BCUT2D eigenvalue weighted by Crippen LogP contribution is 2.77. The SMILES string of the molecule is CC(C)(CC(=O)O[C@H]1CC[C@@]2(C)C(CC[C@]3(C)C2CCC2C4CCC[C@]4(C(=O)NC4C=CC(CN5CCOCC5)C4)CC[C@]23C)C1(C)C)C(=O)O. The van der Waals surface area contributed by atoms with Crippen LogP contribution in [0.3, 0.4) is 0 Å². The van der Waals surface area contributed by atoms with Crippen LogP contribution in [0.5, 0.6) is 0 Å². The molecule has 0 radical (unpaired) electrons. The molecule has 51 heavy (non-hydrogen) atoms. The zero-order chi connectivity index (χ0) is 36.6. The number of hydrogen-bond donors (Lipinski definition) is 2. The second kappa shape index (κ2) is 13.1. The number of nitrogens with zero attached hydrogens (tertiary/aromatic N) is 1. The van der Waals surface area contributed by atoms with E-state index in [4.69, 9.17) is 9.47 Å². The fourth-order valence-electron chi connectivity index (χ4n) is 14.2. The van der Waals surface area contributed by atoms with Gasteiger partial charge >= 0.3 is 11.9 Å². The molecule has 0 aromatic heterocycles. The molecular formula is C43H68N2O6. The van der Waals surface area contributed by atoms with Gasteiger partial charge in [0.15, 0.2) is 0 Å². The van der Waals surface area contributed by atoms with Gasteiger partial charge in [-0.25, -0.2) is 0 Å². The maximum absolute atomic E-state index is 14.5. The second-order valence-corrected chi connectivity index (χ2v) is 20.4. The van der Waals surface area contributed by atoms with Crippen LogP contribution in [0.1, 0.15) is 132 Å². The van der Waals surface area contributed by atoms with Crippen LogP contribution in [0.4, 0.5) is 0 Å². The lowest BCUT2D eigenvalue weighted by Crippen LogP contribution is -2.67. The summed E-state index contributed by atoms with van der Waals surface area (Å²) in [5, 5.41) is 13.2. The molecule has 1 aliphatic heterocycles. The zero-order valence-corrected chi connectivity index (χ0v) is 32.9. The molecular weight excluding hydrogens is 640 g/mol. The Bertz CT molecular complexity index is 1400. The molecule has 0 aromatic carbocycles. The highest BCUT2D eigenvalue weighted by molar-refractivity contribution is 5.84. The van der Waals surface area contributed by atoms with E-state index in [1.54, 1.807) is 13.8 Å². The summed E-state index contributed by atoms with van der Waals surface area (Å²) in [5.74, 6) is 1.58. The van der Waals surface area contributed by atoms with Crippen LogP contribution in [0.15, 0.2) is 12.2 Å². The van der Waals surface area contributed by atoms with Gasteiger partial charge in [0.25, 0.3) is 0 Å². The maximum Gasteiger partial charge on any atom is 0.309 e. The van der Waals surface area contributed by atoms with E-state index in [2.05, 4.69) is 57.0 Å². The predicted octanol–water partition coefficient (Wildman–Crippen LogP) is 7.65. The number of aliphatic carboxylic acids is 1. The van der Waals surface area contributed by atoms with Gasteiger partial charge in [0.2, 0.25) is 5.91 Å². The van der Waals surface area contributed by atoms with Crippen molar-refractivity contribution in [2.75, 3.05) is 32.8 Å². The first-order valence-corrected chi connectivity index (χ1v) is 20.7. The number of fused-ring (bicyclic) bond motifs is 7. The Morgan fingerprint density at radius 2 is 1.61 bits per heavy atom. The number of morpholine rings is 1. The fraction of sp³-hybridized carbons (Fsp3) is 0.884. The van der Waals surface area contributed by atoms with Gasteiger partial charge in [-0.05, 0) is 130 Å². The molecule has 7 rings (SSSR count). The summed E-state index contributed by atoms with van der Waals surface area (Å²) in [6.45, 7) is 20.4. The van der Waals surface area contributed by atoms with E-state index >= 15 is 0 Å². The molecule has 1 saturated heterocycles. The largest absolute Gasteiger partial charge is 0.481 e. The summed E-state index contributed by atoms with van der Waals surface area (Å²) in [7, 11) is 0. The monoisotopic (exact) mass is 709 g/mol. The fourth-order valence-corrected chi connectivity index (χ4v) is 14.2. The predicted molar refractivity (Wildman–Crippen MR) is 198 cm³/mol. The first kappa shape index (κ1) is 37.4. The van der Waals surface area contributed by atoms with Crippen molar-refractivity contribution >= 4 is 17.8 Å². The molecule has 8 nitrogen and oxygen atoms in total. The first-order chi connectivity index (χ1) is 24.0. The third kappa shape index (κ3) is 6.03. The van der Waals surface area contributed by atoms with Crippen LogP contribution in [-0.4, -0.2) is 72.8 Å². The Morgan fingerprint density at radius 1 is 0.863 bits per heavy atom. The molecule has 0 aromatic rings. The molecule has 6 aliphatic carbocycles. The smallest absolute Gasteiger partial charge is 0.309 e. The molecule has 7 aliphatic rings. The molecule has 0 bridgehead atoms. The minimum atomic E-state index is -1.14. The van der Waals surface area contributed by atoms with Crippen molar-refractivity contribution in [3.8, 4) is 0 Å². The first-order valence-electron chi connectivity index (χ1n) is 20.7. The molecule has 8 heteroatoms. The topological polar surface area (TPSA) is 105 Å². The van der Waals surface area contributed by atoms with E-state index in [0.717, 1.165) is 77.8 Å². The number of ether oxygens (including phenoxy) is 2. The third-order valence-corrected chi connectivity index (χ3v) is 17.3. The number of carbonyl (C=O) groups excluding carboxylic acids is 2. The van der Waals surface area contributed by atoms with Gasteiger partial charge in [0, 0.05) is 31.1 Å². The molecule has 2 N–H and O–H groups in total. The summed E-state index contributed by atoms with van der Waals surface area (Å²) >= 11 is 0. The summed E-state index contributed by atoms with van der Waals surface area (Å²) in [4.78, 5) is 41.8. The van der Waals surface area contributed by atoms with Crippen LogP contribution in [-0.2, 0) is 23.9 Å². The van der Waals surface area contributed by atoms with Crippen molar-refractivity contribution in [3.05, 3.63) is 12.2 Å². The number of hydrogen-bond acceptors (Lipinski definition) is 6. The number of carboxylic acid groups (broad SMARTS) is 1. The molecule has 1 amide bonds. The molecule has 286 valence electrons. The normalized spacial score (nSPS) is 44.8. The van der Waals surface area contributed by atoms with Crippen molar-refractivity contribution in [2.45, 2.75) is 144 Å². The van der Waals surface area contributed by atoms with E-state index in [-0.39, 0.29) is 51.6 Å². The average molecular weight is 709 g/mol. The van der Waals surface area contributed by atoms with E-state index in [1.807, 2.05) is 0 Å². The van der Waals surface area contributed by atoms with Crippen LogP contribution in [0, 0.1) is 62.1 Å². The standard InChI is InChI=1S/C43H68N2O6/c1-38(2,37(48)49)26-35(46)51-34-15-17-40(5)32(39(34,3)4)14-18-42(7)33(40)13-12-30-31-9-8-16-43(31,20-19-41(30,42)6)36(47)44-29-11-10-28(25-29)27-45-21-23-50-24-22-45/h10-11,28-34H,8-9,12-27H2,1-7H3,(H,44,47)(H,48,49)/t28?,29?,30?,31?,32?,33?,34-,40-,41+,42+,43-/m0/s1. The Kier molecular flexibility index (Phi) is 9.62. The van der Waals surface area contributed by atoms with Crippen LogP contribution < -0.4 is 5.32 Å². The zero-order valence-electron chi connectivity index (χ0n) is 32.9. The quantitative estimate of drug-likeness (QED) is 0.197. The lowest BCUT2D eigenvalue weighted by Gasteiger charge is -2.72. The highest BCUT2D eigenvalue weighted by atomic mass is 16.5. The average Bonchev–Trinajstić information content (AvgIpc) is 3.70. The van der Waals surface area contributed by atoms with Gasteiger partial charge in [-0.15, -0.1) is 0 Å². The Balaban J connectivity index is 1.04. The second-order valence-electron chi connectivity index (χ2n) is 20.4. The van der Waals surface area contributed by atoms with Gasteiger partial charge in [0.05, 0.1) is 30.5 Å². The highest BCUT2D eigenvalue weighted by Gasteiger charge is 2.71.